The third kappa shape index (κ3) is 3.23. The van der Waals surface area contributed by atoms with Gasteiger partial charge in [-0.15, -0.1) is 0 Å². The molecule has 0 radical (unpaired) electrons. The topological polar surface area (TPSA) is 46.9 Å². The van der Waals surface area contributed by atoms with Crippen LogP contribution in [0.1, 0.15) is 25.7 Å². The molecule has 4 nitrogen and oxygen atoms in total. The Balaban J connectivity index is 2.30. The molecule has 100 valence electrons. The van der Waals surface area contributed by atoms with E-state index < -0.39 is 0 Å². The van der Waals surface area contributed by atoms with Crippen LogP contribution in [-0.4, -0.2) is 15.5 Å². The van der Waals surface area contributed by atoms with Crippen LogP contribution in [0.4, 0.5) is 0 Å². The highest BCUT2D eigenvalue weighted by molar-refractivity contribution is 9.10. The van der Waals surface area contributed by atoms with E-state index in [9.17, 15) is 4.79 Å². The van der Waals surface area contributed by atoms with Crippen LogP contribution in [0.15, 0.2) is 34.9 Å². The summed E-state index contributed by atoms with van der Waals surface area (Å²) in [5.41, 5.74) is 1.96. The highest BCUT2D eigenvalue weighted by atomic mass is 79.9. The first-order valence-corrected chi connectivity index (χ1v) is 6.83. The molecule has 0 fully saturated rings. The van der Waals surface area contributed by atoms with Crippen molar-refractivity contribution in [2.45, 2.75) is 19.9 Å². The third-order valence-electron chi connectivity index (χ3n) is 2.86. The average Bonchev–Trinajstić information content (AvgIpc) is 2.71. The smallest absolute Gasteiger partial charge is 0.217 e. The first-order valence-electron chi connectivity index (χ1n) is 6.03. The number of aromatic nitrogens is 2. The zero-order chi connectivity index (χ0) is 14.0. The minimum Gasteiger partial charge on any atom is -0.347 e. The Hall–Kier alpha value is -1.62. The molecule has 1 heterocycles. The van der Waals surface area contributed by atoms with E-state index in [4.69, 9.17) is 0 Å². The number of hydrogen-bond acceptors (Lipinski definition) is 2. The Morgan fingerprint density at radius 3 is 2.58 bits per heavy atom. The van der Waals surface area contributed by atoms with E-state index in [-0.39, 0.29) is 11.9 Å². The molecular weight excluding hydrogens is 306 g/mol. The van der Waals surface area contributed by atoms with Crippen LogP contribution < -0.4 is 5.32 Å². The number of carbonyl (C=O) groups is 1. The summed E-state index contributed by atoms with van der Waals surface area (Å²) in [6, 6.07) is 7.90. The second-order valence-corrected chi connectivity index (χ2v) is 5.44. The van der Waals surface area contributed by atoms with Gasteiger partial charge >= 0.3 is 0 Å². The van der Waals surface area contributed by atoms with Crippen LogP contribution in [-0.2, 0) is 11.8 Å². The van der Waals surface area contributed by atoms with Gasteiger partial charge < -0.3 is 9.88 Å². The van der Waals surface area contributed by atoms with Crippen molar-refractivity contribution < 1.29 is 4.79 Å². The monoisotopic (exact) mass is 321 g/mol. The number of nitrogens with zero attached hydrogens (tertiary/aromatic N) is 2. The van der Waals surface area contributed by atoms with Gasteiger partial charge in [0, 0.05) is 30.2 Å². The molecule has 0 aliphatic rings. The lowest BCUT2D eigenvalue weighted by Crippen LogP contribution is -2.25. The van der Waals surface area contributed by atoms with Crippen molar-refractivity contribution in [2.24, 2.45) is 7.05 Å². The summed E-state index contributed by atoms with van der Waals surface area (Å²) >= 11 is 3.41. The average molecular weight is 322 g/mol. The van der Waals surface area contributed by atoms with E-state index in [1.54, 1.807) is 0 Å². The van der Waals surface area contributed by atoms with Gasteiger partial charge in [0.1, 0.15) is 5.82 Å². The van der Waals surface area contributed by atoms with E-state index in [0.29, 0.717) is 0 Å². The van der Waals surface area contributed by atoms with Gasteiger partial charge in [-0.25, -0.2) is 4.98 Å². The minimum atomic E-state index is -0.105. The number of carbonyl (C=O) groups excluding carboxylic acids is 1. The van der Waals surface area contributed by atoms with Crippen molar-refractivity contribution in [3.05, 3.63) is 40.8 Å². The minimum absolute atomic E-state index is 0.0549. The molecule has 1 atom stereocenters. The van der Waals surface area contributed by atoms with Gasteiger partial charge in [0.15, 0.2) is 0 Å². The number of rotatable bonds is 3. The van der Waals surface area contributed by atoms with E-state index in [0.717, 1.165) is 21.6 Å². The van der Waals surface area contributed by atoms with Crippen LogP contribution >= 0.6 is 15.9 Å². The molecule has 1 N–H and O–H groups in total. The van der Waals surface area contributed by atoms with E-state index in [2.05, 4.69) is 26.2 Å². The molecule has 19 heavy (non-hydrogen) atoms. The number of benzene rings is 1. The summed E-state index contributed by atoms with van der Waals surface area (Å²) in [4.78, 5) is 15.7. The fourth-order valence-corrected chi connectivity index (χ4v) is 2.28. The van der Waals surface area contributed by atoms with Gasteiger partial charge in [-0.3, -0.25) is 4.79 Å². The van der Waals surface area contributed by atoms with Crippen molar-refractivity contribution in [1.82, 2.24) is 14.9 Å². The highest BCUT2D eigenvalue weighted by Gasteiger charge is 2.14. The maximum atomic E-state index is 11.1. The summed E-state index contributed by atoms with van der Waals surface area (Å²) in [5.74, 6) is 0.786. The number of amides is 1. The van der Waals surface area contributed by atoms with Crippen LogP contribution in [0.2, 0.25) is 0 Å². The molecule has 0 saturated carbocycles. The molecular formula is C14H16BrN3O. The second kappa shape index (κ2) is 5.57. The summed E-state index contributed by atoms with van der Waals surface area (Å²) in [6.07, 6.45) is 1.97. The predicted molar refractivity (Wildman–Crippen MR) is 78.6 cm³/mol. The maximum absolute atomic E-state index is 11.1. The maximum Gasteiger partial charge on any atom is 0.217 e. The number of aryl methyl sites for hydroxylation is 1. The highest BCUT2D eigenvalue weighted by Crippen LogP contribution is 2.22. The molecule has 1 aromatic heterocycles. The Kier molecular flexibility index (Phi) is 4.04. The number of hydrogen-bond donors (Lipinski definition) is 1. The molecule has 1 unspecified atom stereocenters. The van der Waals surface area contributed by atoms with Crippen LogP contribution in [0.5, 0.6) is 0 Å². The van der Waals surface area contributed by atoms with Crippen molar-refractivity contribution in [3.8, 4) is 11.3 Å². The molecule has 1 aromatic carbocycles. The Morgan fingerprint density at radius 2 is 2.00 bits per heavy atom. The molecule has 0 saturated heterocycles. The first-order chi connectivity index (χ1) is 8.97. The van der Waals surface area contributed by atoms with E-state index >= 15 is 0 Å². The van der Waals surface area contributed by atoms with Crippen LogP contribution in [0, 0.1) is 0 Å². The molecule has 0 spiro atoms. The molecule has 5 heteroatoms. The van der Waals surface area contributed by atoms with Gasteiger partial charge in [0.25, 0.3) is 0 Å². The van der Waals surface area contributed by atoms with E-state index in [1.807, 2.05) is 49.0 Å². The number of halogens is 1. The molecule has 0 aliphatic carbocycles. The fourth-order valence-electron chi connectivity index (χ4n) is 2.01. The summed E-state index contributed by atoms with van der Waals surface area (Å²) < 4.78 is 2.98. The largest absolute Gasteiger partial charge is 0.347 e. The van der Waals surface area contributed by atoms with Crippen LogP contribution in [0.25, 0.3) is 11.3 Å². The van der Waals surface area contributed by atoms with Gasteiger partial charge in [0.2, 0.25) is 5.91 Å². The summed E-state index contributed by atoms with van der Waals surface area (Å²) in [7, 11) is 1.93. The van der Waals surface area contributed by atoms with Crippen molar-refractivity contribution in [3.63, 3.8) is 0 Å². The van der Waals surface area contributed by atoms with Gasteiger partial charge in [-0.2, -0.15) is 0 Å². The Bertz CT molecular complexity index is 589. The SMILES string of the molecule is CC(=O)NC(C)c1nc(-c2ccc(Br)cc2)cn1C. The quantitative estimate of drug-likeness (QED) is 0.944. The van der Waals surface area contributed by atoms with Crippen LogP contribution in [0.3, 0.4) is 0 Å². The summed E-state index contributed by atoms with van der Waals surface area (Å²) in [6.45, 7) is 3.43. The predicted octanol–water partition coefficient (Wildman–Crippen LogP) is 3.05. The molecule has 0 aliphatic heterocycles. The normalized spacial score (nSPS) is 12.2. The van der Waals surface area contributed by atoms with Gasteiger partial charge in [-0.1, -0.05) is 28.1 Å². The lowest BCUT2D eigenvalue weighted by molar-refractivity contribution is -0.119. The van der Waals surface area contributed by atoms with Crippen molar-refractivity contribution >= 4 is 21.8 Å². The summed E-state index contributed by atoms with van der Waals surface area (Å²) in [5, 5.41) is 2.84. The zero-order valence-electron chi connectivity index (χ0n) is 11.1. The lowest BCUT2D eigenvalue weighted by atomic mass is 10.2. The second-order valence-electron chi connectivity index (χ2n) is 4.52. The third-order valence-corrected chi connectivity index (χ3v) is 3.39. The molecule has 0 bridgehead atoms. The van der Waals surface area contributed by atoms with Gasteiger partial charge in [0.05, 0.1) is 11.7 Å². The van der Waals surface area contributed by atoms with Gasteiger partial charge in [-0.05, 0) is 19.1 Å². The number of nitrogens with one attached hydrogen (secondary N) is 1. The van der Waals surface area contributed by atoms with Crippen molar-refractivity contribution in [2.75, 3.05) is 0 Å². The van der Waals surface area contributed by atoms with Crippen molar-refractivity contribution in [1.29, 1.82) is 0 Å². The number of imidazole rings is 1. The molecule has 2 aromatic rings. The molecule has 1 amide bonds. The lowest BCUT2D eigenvalue weighted by Gasteiger charge is -2.11. The Labute approximate surface area is 121 Å². The zero-order valence-corrected chi connectivity index (χ0v) is 12.7. The molecule has 2 rings (SSSR count). The fraction of sp³-hybridized carbons (Fsp3) is 0.286. The standard InChI is InChI=1S/C14H16BrN3O/c1-9(16-10(2)19)14-17-13(8-18(14)3)11-4-6-12(15)7-5-11/h4-9H,1-3H3,(H,16,19). The van der Waals surface area contributed by atoms with E-state index in [1.165, 1.54) is 6.92 Å². The Morgan fingerprint density at radius 1 is 1.37 bits per heavy atom. The first kappa shape index (κ1) is 13.8.